The van der Waals surface area contributed by atoms with Gasteiger partial charge in [-0.1, -0.05) is 11.6 Å². The number of carbonyl (C=O) groups is 1. The van der Waals surface area contributed by atoms with Crippen LogP contribution in [0.5, 0.6) is 5.88 Å². The Morgan fingerprint density at radius 3 is 2.92 bits per heavy atom. The standard InChI is InChI=1S/C7H6ClFN2O2/c8-5-2-1-4(6(10)12)7(11-5)13-3-9/h1-2H,3H2,(H2,10,12). The molecule has 0 unspecified atom stereocenters. The summed E-state index contributed by atoms with van der Waals surface area (Å²) in [4.78, 5) is 14.3. The fourth-order valence-corrected chi connectivity index (χ4v) is 0.907. The number of amides is 1. The van der Waals surface area contributed by atoms with Gasteiger partial charge in [-0.05, 0) is 12.1 Å². The number of hydrogen-bond acceptors (Lipinski definition) is 3. The number of alkyl halides is 1. The minimum absolute atomic E-state index is 0.00190. The fourth-order valence-electron chi connectivity index (χ4n) is 0.767. The predicted octanol–water partition coefficient (Wildman–Crippen LogP) is 1.14. The van der Waals surface area contributed by atoms with E-state index in [2.05, 4.69) is 9.72 Å². The molecule has 1 rings (SSSR count). The molecule has 0 saturated carbocycles. The van der Waals surface area contributed by atoms with Crippen molar-refractivity contribution in [2.75, 3.05) is 6.86 Å². The molecule has 6 heteroatoms. The molecule has 1 amide bonds. The van der Waals surface area contributed by atoms with E-state index in [0.29, 0.717) is 0 Å². The normalized spacial score (nSPS) is 9.69. The predicted molar refractivity (Wildman–Crippen MR) is 44.4 cm³/mol. The molecule has 0 aliphatic carbocycles. The van der Waals surface area contributed by atoms with Crippen LogP contribution < -0.4 is 10.5 Å². The number of carbonyl (C=O) groups excluding carboxylic acids is 1. The van der Waals surface area contributed by atoms with Gasteiger partial charge in [0.15, 0.2) is 0 Å². The second-order valence-corrected chi connectivity index (χ2v) is 2.49. The number of pyridine rings is 1. The molecule has 0 aliphatic heterocycles. The molecular weight excluding hydrogens is 199 g/mol. The molecule has 1 heterocycles. The monoisotopic (exact) mass is 204 g/mol. The highest BCUT2D eigenvalue weighted by Gasteiger charge is 2.11. The van der Waals surface area contributed by atoms with Crippen molar-refractivity contribution in [1.29, 1.82) is 0 Å². The Kier molecular flexibility index (Phi) is 3.02. The number of hydrogen-bond donors (Lipinski definition) is 1. The summed E-state index contributed by atoms with van der Waals surface area (Å²) >= 11 is 5.49. The van der Waals surface area contributed by atoms with Gasteiger partial charge in [0.2, 0.25) is 12.7 Å². The van der Waals surface area contributed by atoms with Crippen LogP contribution in [0.15, 0.2) is 12.1 Å². The van der Waals surface area contributed by atoms with Crippen LogP contribution in [0.3, 0.4) is 0 Å². The Morgan fingerprint density at radius 1 is 1.69 bits per heavy atom. The van der Waals surface area contributed by atoms with E-state index in [-0.39, 0.29) is 16.6 Å². The van der Waals surface area contributed by atoms with Gasteiger partial charge in [-0.2, -0.15) is 0 Å². The Balaban J connectivity index is 3.10. The minimum Gasteiger partial charge on any atom is -0.445 e. The van der Waals surface area contributed by atoms with Crippen LogP contribution in [0.2, 0.25) is 5.15 Å². The molecule has 1 aromatic heterocycles. The topological polar surface area (TPSA) is 65.2 Å². The number of ether oxygens (including phenoxy) is 1. The van der Waals surface area contributed by atoms with Crippen LogP contribution in [0.4, 0.5) is 4.39 Å². The lowest BCUT2D eigenvalue weighted by atomic mass is 10.2. The minimum atomic E-state index is -1.09. The zero-order chi connectivity index (χ0) is 9.84. The number of rotatable bonds is 3. The lowest BCUT2D eigenvalue weighted by Crippen LogP contribution is -2.13. The maximum Gasteiger partial charge on any atom is 0.254 e. The van der Waals surface area contributed by atoms with Gasteiger partial charge in [-0.15, -0.1) is 0 Å². The maximum absolute atomic E-state index is 11.8. The van der Waals surface area contributed by atoms with Crippen molar-refractivity contribution < 1.29 is 13.9 Å². The Hall–Kier alpha value is -1.36. The van der Waals surface area contributed by atoms with Gasteiger partial charge < -0.3 is 10.5 Å². The third-order valence-electron chi connectivity index (χ3n) is 1.28. The molecule has 70 valence electrons. The van der Waals surface area contributed by atoms with Crippen molar-refractivity contribution in [3.05, 3.63) is 22.8 Å². The van der Waals surface area contributed by atoms with Gasteiger partial charge in [-0.3, -0.25) is 4.79 Å². The molecular formula is C7H6ClFN2O2. The molecule has 0 bridgehead atoms. The number of halogens is 2. The van der Waals surface area contributed by atoms with Gasteiger partial charge in [0.1, 0.15) is 10.7 Å². The summed E-state index contributed by atoms with van der Waals surface area (Å²) in [5.41, 5.74) is 4.97. The number of aromatic nitrogens is 1. The van der Waals surface area contributed by atoms with Gasteiger partial charge >= 0.3 is 0 Å². The highest BCUT2D eigenvalue weighted by molar-refractivity contribution is 6.29. The largest absolute Gasteiger partial charge is 0.445 e. The van der Waals surface area contributed by atoms with E-state index in [9.17, 15) is 9.18 Å². The van der Waals surface area contributed by atoms with E-state index in [1.807, 2.05) is 0 Å². The second kappa shape index (κ2) is 4.04. The molecule has 0 aromatic carbocycles. The van der Waals surface area contributed by atoms with Crippen molar-refractivity contribution in [3.63, 3.8) is 0 Å². The molecule has 13 heavy (non-hydrogen) atoms. The van der Waals surface area contributed by atoms with Gasteiger partial charge in [0.25, 0.3) is 5.91 Å². The van der Waals surface area contributed by atoms with Crippen LogP contribution in [0, 0.1) is 0 Å². The van der Waals surface area contributed by atoms with E-state index >= 15 is 0 Å². The average molecular weight is 205 g/mol. The average Bonchev–Trinajstić information content (AvgIpc) is 2.04. The smallest absolute Gasteiger partial charge is 0.254 e. The first-order valence-electron chi connectivity index (χ1n) is 3.30. The second-order valence-electron chi connectivity index (χ2n) is 2.10. The lowest BCUT2D eigenvalue weighted by molar-refractivity contribution is 0.0991. The summed E-state index contributed by atoms with van der Waals surface area (Å²) in [5.74, 6) is -0.935. The molecule has 0 aliphatic rings. The molecule has 0 fully saturated rings. The van der Waals surface area contributed by atoms with E-state index < -0.39 is 12.8 Å². The summed E-state index contributed by atoms with van der Waals surface area (Å²) in [7, 11) is 0. The molecule has 0 radical (unpaired) electrons. The summed E-state index contributed by atoms with van der Waals surface area (Å²) < 4.78 is 16.2. The van der Waals surface area contributed by atoms with Crippen LogP contribution >= 0.6 is 11.6 Å². The maximum atomic E-state index is 11.8. The van der Waals surface area contributed by atoms with Crippen molar-refractivity contribution >= 4 is 17.5 Å². The third kappa shape index (κ3) is 2.29. The quantitative estimate of drug-likeness (QED) is 0.751. The lowest BCUT2D eigenvalue weighted by Gasteiger charge is -2.04. The Bertz CT molecular complexity index is 332. The van der Waals surface area contributed by atoms with Crippen molar-refractivity contribution in [2.45, 2.75) is 0 Å². The number of primary amides is 1. The fraction of sp³-hybridized carbons (Fsp3) is 0.143. The Labute approximate surface area is 78.5 Å². The SMILES string of the molecule is NC(=O)c1ccc(Cl)nc1OCF. The first-order chi connectivity index (χ1) is 6.15. The van der Waals surface area contributed by atoms with Crippen LogP contribution in [0.25, 0.3) is 0 Å². The molecule has 4 nitrogen and oxygen atoms in total. The molecule has 2 N–H and O–H groups in total. The van der Waals surface area contributed by atoms with Gasteiger partial charge in [0, 0.05) is 0 Å². The first-order valence-corrected chi connectivity index (χ1v) is 3.68. The summed E-state index contributed by atoms with van der Waals surface area (Å²) in [6.07, 6.45) is 0. The van der Waals surface area contributed by atoms with Gasteiger partial charge in [0.05, 0.1) is 0 Å². The highest BCUT2D eigenvalue weighted by Crippen LogP contribution is 2.18. The summed E-state index contributed by atoms with van der Waals surface area (Å²) in [5, 5.41) is 0.105. The van der Waals surface area contributed by atoms with Crippen LogP contribution in [-0.4, -0.2) is 17.8 Å². The van der Waals surface area contributed by atoms with Crippen molar-refractivity contribution in [2.24, 2.45) is 5.73 Å². The van der Waals surface area contributed by atoms with E-state index in [1.54, 1.807) is 0 Å². The van der Waals surface area contributed by atoms with Crippen LogP contribution in [0.1, 0.15) is 10.4 Å². The first kappa shape index (κ1) is 9.73. The number of nitrogens with two attached hydrogens (primary N) is 1. The number of nitrogens with zero attached hydrogens (tertiary/aromatic N) is 1. The molecule has 0 atom stereocenters. The summed E-state index contributed by atoms with van der Waals surface area (Å²) in [6, 6.07) is 2.69. The molecule has 0 spiro atoms. The molecule has 0 saturated heterocycles. The Morgan fingerprint density at radius 2 is 2.38 bits per heavy atom. The van der Waals surface area contributed by atoms with Gasteiger partial charge in [-0.25, -0.2) is 9.37 Å². The van der Waals surface area contributed by atoms with Crippen LogP contribution in [-0.2, 0) is 0 Å². The van der Waals surface area contributed by atoms with E-state index in [1.165, 1.54) is 12.1 Å². The van der Waals surface area contributed by atoms with E-state index in [4.69, 9.17) is 17.3 Å². The summed E-state index contributed by atoms with van der Waals surface area (Å²) in [6.45, 7) is -1.09. The zero-order valence-electron chi connectivity index (χ0n) is 6.46. The molecule has 1 aromatic rings. The third-order valence-corrected chi connectivity index (χ3v) is 1.49. The van der Waals surface area contributed by atoms with Crippen molar-refractivity contribution in [1.82, 2.24) is 4.98 Å². The highest BCUT2D eigenvalue weighted by atomic mass is 35.5. The zero-order valence-corrected chi connectivity index (χ0v) is 7.21. The van der Waals surface area contributed by atoms with E-state index in [0.717, 1.165) is 0 Å². The van der Waals surface area contributed by atoms with Crippen molar-refractivity contribution in [3.8, 4) is 5.88 Å².